The molecule has 0 amide bonds. The largest absolute Gasteiger partial charge is 0.497 e. The molecule has 170 valence electrons. The van der Waals surface area contributed by atoms with Crippen molar-refractivity contribution in [1.29, 1.82) is 0 Å². The zero-order chi connectivity index (χ0) is 23.7. The first-order valence-electron chi connectivity index (χ1n) is 11.1. The Hall–Kier alpha value is -4.18. The lowest BCUT2D eigenvalue weighted by molar-refractivity contribution is 0.414. The van der Waals surface area contributed by atoms with Gasteiger partial charge in [0, 0.05) is 0 Å². The molecule has 0 fully saturated rings. The third-order valence-corrected chi connectivity index (χ3v) is 6.29. The average molecular weight is 451 g/mol. The summed E-state index contributed by atoms with van der Waals surface area (Å²) < 4.78 is 22.0. The summed E-state index contributed by atoms with van der Waals surface area (Å²) in [6.45, 7) is 0. The van der Waals surface area contributed by atoms with Crippen molar-refractivity contribution >= 4 is 21.5 Å². The van der Waals surface area contributed by atoms with E-state index in [4.69, 9.17) is 18.9 Å². The van der Waals surface area contributed by atoms with Crippen molar-refractivity contribution in [3.05, 3.63) is 84.9 Å². The monoisotopic (exact) mass is 450 g/mol. The third kappa shape index (κ3) is 3.67. The number of hydrogen-bond donors (Lipinski definition) is 0. The van der Waals surface area contributed by atoms with Gasteiger partial charge in [-0.1, -0.05) is 36.4 Å². The van der Waals surface area contributed by atoms with Crippen molar-refractivity contribution in [3.63, 3.8) is 0 Å². The average Bonchev–Trinajstić information content (AvgIpc) is 2.91. The van der Waals surface area contributed by atoms with Crippen LogP contribution in [0.3, 0.4) is 0 Å². The van der Waals surface area contributed by atoms with Gasteiger partial charge in [0.25, 0.3) is 0 Å². The van der Waals surface area contributed by atoms with Gasteiger partial charge in [-0.2, -0.15) is 0 Å². The topological polar surface area (TPSA) is 36.9 Å². The summed E-state index contributed by atoms with van der Waals surface area (Å²) >= 11 is 0. The van der Waals surface area contributed by atoms with Crippen molar-refractivity contribution < 1.29 is 18.9 Å². The normalized spacial score (nSPS) is 10.9. The van der Waals surface area contributed by atoms with Gasteiger partial charge in [0.2, 0.25) is 0 Å². The highest BCUT2D eigenvalue weighted by atomic mass is 16.5. The molecule has 0 heterocycles. The van der Waals surface area contributed by atoms with Crippen LogP contribution in [0.4, 0.5) is 0 Å². The third-order valence-electron chi connectivity index (χ3n) is 6.29. The van der Waals surface area contributed by atoms with E-state index in [1.807, 2.05) is 36.4 Å². The van der Waals surface area contributed by atoms with Gasteiger partial charge in [-0.15, -0.1) is 0 Å². The van der Waals surface area contributed by atoms with Crippen LogP contribution in [0.1, 0.15) is 0 Å². The summed E-state index contributed by atoms with van der Waals surface area (Å²) in [4.78, 5) is 0. The summed E-state index contributed by atoms with van der Waals surface area (Å²) in [6.07, 6.45) is 0. The zero-order valence-corrected chi connectivity index (χ0v) is 19.7. The van der Waals surface area contributed by atoms with Gasteiger partial charge in [-0.3, -0.25) is 0 Å². The van der Waals surface area contributed by atoms with E-state index < -0.39 is 0 Å². The smallest absolute Gasteiger partial charge is 0.119 e. The number of ether oxygens (including phenoxy) is 4. The number of methoxy groups -OCH3 is 4. The quantitative estimate of drug-likeness (QED) is 0.253. The molecule has 5 aromatic carbocycles. The van der Waals surface area contributed by atoms with Gasteiger partial charge in [0.1, 0.15) is 23.0 Å². The molecule has 5 aromatic rings. The van der Waals surface area contributed by atoms with Crippen LogP contribution in [-0.2, 0) is 0 Å². The highest BCUT2D eigenvalue weighted by Crippen LogP contribution is 2.46. The molecule has 4 nitrogen and oxygen atoms in total. The number of fused-ring (bicyclic) bond motifs is 2. The minimum Gasteiger partial charge on any atom is -0.497 e. The van der Waals surface area contributed by atoms with Crippen LogP contribution in [0.2, 0.25) is 0 Å². The first-order chi connectivity index (χ1) is 16.7. The van der Waals surface area contributed by atoms with Crippen LogP contribution < -0.4 is 18.9 Å². The van der Waals surface area contributed by atoms with Gasteiger partial charge in [-0.05, 0) is 92.3 Å². The maximum Gasteiger partial charge on any atom is 0.119 e. The first-order valence-corrected chi connectivity index (χ1v) is 11.1. The predicted octanol–water partition coefficient (Wildman–Crippen LogP) is 7.36. The lowest BCUT2D eigenvalue weighted by Crippen LogP contribution is -1.93. The molecule has 0 unspecified atom stereocenters. The van der Waals surface area contributed by atoms with Crippen LogP contribution in [0.25, 0.3) is 43.8 Å². The van der Waals surface area contributed by atoms with E-state index in [0.29, 0.717) is 0 Å². The van der Waals surface area contributed by atoms with E-state index in [0.717, 1.165) is 66.8 Å². The number of rotatable bonds is 6. The second kappa shape index (κ2) is 8.99. The minimum atomic E-state index is 0.816. The standard InChI is InChI=1S/C30H26O4/c1-31-21-9-5-19(6-10-21)29-25-15-13-24(34-4)18-28(25)30(20-7-11-22(32-2)12-8-20)26-16-14-23(33-3)17-27(26)29/h5-18H,1-4H3. The van der Waals surface area contributed by atoms with Crippen LogP contribution in [-0.4, -0.2) is 28.4 Å². The molecule has 4 heteroatoms. The summed E-state index contributed by atoms with van der Waals surface area (Å²) in [5, 5.41) is 4.51. The Kier molecular flexibility index (Phi) is 5.72. The Bertz CT molecular complexity index is 1350. The zero-order valence-electron chi connectivity index (χ0n) is 19.7. The Balaban J connectivity index is 1.93. The Labute approximate surface area is 199 Å². The predicted molar refractivity (Wildman–Crippen MR) is 139 cm³/mol. The van der Waals surface area contributed by atoms with E-state index in [-0.39, 0.29) is 0 Å². The van der Waals surface area contributed by atoms with E-state index in [9.17, 15) is 0 Å². The molecule has 0 aliphatic rings. The summed E-state index contributed by atoms with van der Waals surface area (Å²) in [5.41, 5.74) is 4.50. The van der Waals surface area contributed by atoms with Crippen LogP contribution in [0.15, 0.2) is 84.9 Å². The fourth-order valence-electron chi connectivity index (χ4n) is 4.58. The van der Waals surface area contributed by atoms with Crippen molar-refractivity contribution in [1.82, 2.24) is 0 Å². The highest BCUT2D eigenvalue weighted by molar-refractivity contribution is 6.21. The first kappa shape index (κ1) is 21.7. The molecule has 0 saturated heterocycles. The summed E-state index contributed by atoms with van der Waals surface area (Å²) in [7, 11) is 6.76. The van der Waals surface area contributed by atoms with Crippen molar-refractivity contribution in [2.75, 3.05) is 28.4 Å². The van der Waals surface area contributed by atoms with Crippen LogP contribution in [0, 0.1) is 0 Å². The molecule has 0 saturated carbocycles. The van der Waals surface area contributed by atoms with Gasteiger partial charge in [0.05, 0.1) is 28.4 Å². The molecular formula is C30H26O4. The van der Waals surface area contributed by atoms with Gasteiger partial charge >= 0.3 is 0 Å². The van der Waals surface area contributed by atoms with Crippen molar-refractivity contribution in [3.8, 4) is 45.3 Å². The Morgan fingerprint density at radius 2 is 0.676 bits per heavy atom. The van der Waals surface area contributed by atoms with Crippen molar-refractivity contribution in [2.45, 2.75) is 0 Å². The summed E-state index contributed by atoms with van der Waals surface area (Å²) in [5.74, 6) is 3.28. The fraction of sp³-hybridized carbons (Fsp3) is 0.133. The van der Waals surface area contributed by atoms with Crippen molar-refractivity contribution in [2.24, 2.45) is 0 Å². The van der Waals surface area contributed by atoms with E-state index in [1.165, 1.54) is 0 Å². The Morgan fingerprint density at radius 1 is 0.353 bits per heavy atom. The van der Waals surface area contributed by atoms with E-state index in [2.05, 4.69) is 48.5 Å². The summed E-state index contributed by atoms with van der Waals surface area (Å²) in [6, 6.07) is 28.9. The molecule has 0 spiro atoms. The molecule has 0 radical (unpaired) electrons. The second-order valence-electron chi connectivity index (χ2n) is 8.03. The van der Waals surface area contributed by atoms with E-state index in [1.54, 1.807) is 28.4 Å². The number of benzene rings is 5. The molecule has 0 N–H and O–H groups in total. The second-order valence-corrected chi connectivity index (χ2v) is 8.03. The maximum absolute atomic E-state index is 5.62. The lowest BCUT2D eigenvalue weighted by Gasteiger charge is -2.19. The van der Waals surface area contributed by atoms with Gasteiger partial charge in [0.15, 0.2) is 0 Å². The molecule has 0 aliphatic carbocycles. The molecule has 5 rings (SSSR count). The van der Waals surface area contributed by atoms with Crippen LogP contribution in [0.5, 0.6) is 23.0 Å². The SMILES string of the molecule is COc1ccc(-c2c3ccc(OC)cc3c(-c3ccc(OC)cc3)c3ccc(OC)cc23)cc1. The van der Waals surface area contributed by atoms with Gasteiger partial charge in [-0.25, -0.2) is 0 Å². The minimum absolute atomic E-state index is 0.816. The molecular weight excluding hydrogens is 424 g/mol. The van der Waals surface area contributed by atoms with Gasteiger partial charge < -0.3 is 18.9 Å². The van der Waals surface area contributed by atoms with Crippen LogP contribution >= 0.6 is 0 Å². The molecule has 0 atom stereocenters. The number of hydrogen-bond acceptors (Lipinski definition) is 4. The molecule has 34 heavy (non-hydrogen) atoms. The highest BCUT2D eigenvalue weighted by Gasteiger charge is 2.18. The maximum atomic E-state index is 5.62. The molecule has 0 aromatic heterocycles. The van der Waals surface area contributed by atoms with E-state index >= 15 is 0 Å². The lowest BCUT2D eigenvalue weighted by atomic mass is 9.85. The Morgan fingerprint density at radius 3 is 1.00 bits per heavy atom. The molecule has 0 bridgehead atoms. The molecule has 0 aliphatic heterocycles. The fourth-order valence-corrected chi connectivity index (χ4v) is 4.58.